The molecule has 5 aromatic rings. The van der Waals surface area contributed by atoms with E-state index in [-0.39, 0.29) is 11.7 Å². The van der Waals surface area contributed by atoms with Crippen molar-refractivity contribution < 1.29 is 9.59 Å². The van der Waals surface area contributed by atoms with Gasteiger partial charge < -0.3 is 10.3 Å². The SMILES string of the molecule is CC(=O)c1ccc(NC(=O)c2ccc3nc4[nH]c5ccccc5c4nc3c2)cc1. The molecule has 6 nitrogen and oxygen atoms in total. The minimum absolute atomic E-state index is 0.0143. The Bertz CT molecular complexity index is 1420. The summed E-state index contributed by atoms with van der Waals surface area (Å²) in [7, 11) is 0. The molecule has 0 bridgehead atoms. The number of nitrogens with zero attached hydrogens (tertiary/aromatic N) is 2. The second-order valence-electron chi connectivity index (χ2n) is 6.88. The Morgan fingerprint density at radius 3 is 2.41 bits per heavy atom. The average Bonchev–Trinajstić information content (AvgIpc) is 3.09. The lowest BCUT2D eigenvalue weighted by Crippen LogP contribution is -2.12. The van der Waals surface area contributed by atoms with E-state index < -0.39 is 0 Å². The number of hydrogen-bond acceptors (Lipinski definition) is 4. The predicted octanol–water partition coefficient (Wildman–Crippen LogP) is 4.72. The van der Waals surface area contributed by atoms with Crippen molar-refractivity contribution in [3.63, 3.8) is 0 Å². The number of aromatic amines is 1. The lowest BCUT2D eigenvalue weighted by atomic mass is 10.1. The number of fused-ring (bicyclic) bond motifs is 4. The number of aromatic nitrogens is 3. The monoisotopic (exact) mass is 380 g/mol. The van der Waals surface area contributed by atoms with Crippen LogP contribution in [-0.2, 0) is 0 Å². The van der Waals surface area contributed by atoms with Crippen molar-refractivity contribution in [2.45, 2.75) is 6.92 Å². The number of benzene rings is 3. The first kappa shape index (κ1) is 17.1. The summed E-state index contributed by atoms with van der Waals surface area (Å²) in [6.45, 7) is 1.51. The van der Waals surface area contributed by atoms with E-state index in [0.717, 1.165) is 22.1 Å². The standard InChI is InChI=1S/C23H16N4O2/c1-13(28)14-6-9-16(10-7-14)24-23(29)15-8-11-19-20(12-15)25-21-17-4-2-3-5-18(17)26-22(21)27-19/h2-12H,1H3,(H,24,29)(H,26,27). The van der Waals surface area contributed by atoms with Crippen LogP contribution in [0.3, 0.4) is 0 Å². The first-order valence-electron chi connectivity index (χ1n) is 9.19. The van der Waals surface area contributed by atoms with Crippen molar-refractivity contribution in [2.24, 2.45) is 0 Å². The van der Waals surface area contributed by atoms with E-state index in [4.69, 9.17) is 4.98 Å². The van der Waals surface area contributed by atoms with Crippen molar-refractivity contribution in [2.75, 3.05) is 5.32 Å². The van der Waals surface area contributed by atoms with Crippen LogP contribution in [0.15, 0.2) is 66.7 Å². The second kappa shape index (κ2) is 6.53. The molecule has 140 valence electrons. The third-order valence-electron chi connectivity index (χ3n) is 4.91. The first-order valence-corrected chi connectivity index (χ1v) is 9.19. The molecule has 0 saturated heterocycles. The number of carbonyl (C=O) groups is 2. The maximum atomic E-state index is 12.7. The second-order valence-corrected chi connectivity index (χ2v) is 6.88. The van der Waals surface area contributed by atoms with E-state index in [9.17, 15) is 9.59 Å². The van der Waals surface area contributed by atoms with Crippen LogP contribution in [0.5, 0.6) is 0 Å². The molecule has 1 amide bonds. The van der Waals surface area contributed by atoms with Crippen molar-refractivity contribution in [1.29, 1.82) is 0 Å². The molecule has 2 heterocycles. The molecule has 3 aromatic carbocycles. The van der Waals surface area contributed by atoms with Crippen molar-refractivity contribution in [3.8, 4) is 0 Å². The minimum atomic E-state index is -0.247. The number of Topliss-reactive ketones (excluding diaryl/α,β-unsaturated/α-hetero) is 1. The molecule has 5 rings (SSSR count). The van der Waals surface area contributed by atoms with Gasteiger partial charge in [-0.05, 0) is 55.5 Å². The number of nitrogens with one attached hydrogen (secondary N) is 2. The molecule has 0 spiro atoms. The van der Waals surface area contributed by atoms with Gasteiger partial charge >= 0.3 is 0 Å². The van der Waals surface area contributed by atoms with Gasteiger partial charge in [-0.25, -0.2) is 9.97 Å². The van der Waals surface area contributed by atoms with Crippen LogP contribution >= 0.6 is 0 Å². The molecule has 0 aliphatic carbocycles. The van der Waals surface area contributed by atoms with E-state index in [2.05, 4.69) is 15.3 Å². The third-order valence-corrected chi connectivity index (χ3v) is 4.91. The number of H-pyrrole nitrogens is 1. The smallest absolute Gasteiger partial charge is 0.255 e. The van der Waals surface area contributed by atoms with Gasteiger partial charge in [-0.15, -0.1) is 0 Å². The fourth-order valence-electron chi connectivity index (χ4n) is 3.39. The van der Waals surface area contributed by atoms with Crippen LogP contribution in [0, 0.1) is 0 Å². The largest absolute Gasteiger partial charge is 0.338 e. The number of anilines is 1. The van der Waals surface area contributed by atoms with Crippen LogP contribution in [0.25, 0.3) is 33.1 Å². The Balaban J connectivity index is 1.51. The molecule has 0 saturated carbocycles. The van der Waals surface area contributed by atoms with Crippen molar-refractivity contribution in [3.05, 3.63) is 77.9 Å². The lowest BCUT2D eigenvalue weighted by molar-refractivity contribution is 0.101. The summed E-state index contributed by atoms with van der Waals surface area (Å²) in [5, 5.41) is 3.84. The zero-order chi connectivity index (χ0) is 20.0. The van der Waals surface area contributed by atoms with E-state index in [1.54, 1.807) is 42.5 Å². The fraction of sp³-hybridized carbons (Fsp3) is 0.0435. The highest BCUT2D eigenvalue weighted by Crippen LogP contribution is 2.25. The van der Waals surface area contributed by atoms with E-state index in [1.165, 1.54) is 6.92 Å². The molecule has 0 atom stereocenters. The molecular weight excluding hydrogens is 364 g/mol. The topological polar surface area (TPSA) is 87.7 Å². The maximum Gasteiger partial charge on any atom is 0.255 e. The van der Waals surface area contributed by atoms with Gasteiger partial charge in [0, 0.05) is 27.7 Å². The summed E-state index contributed by atoms with van der Waals surface area (Å²) in [6.07, 6.45) is 0. The van der Waals surface area contributed by atoms with Gasteiger partial charge in [-0.1, -0.05) is 18.2 Å². The number of ketones is 1. The van der Waals surface area contributed by atoms with Gasteiger partial charge in [0.1, 0.15) is 5.52 Å². The van der Waals surface area contributed by atoms with Crippen LogP contribution in [0.2, 0.25) is 0 Å². The van der Waals surface area contributed by atoms with Gasteiger partial charge in [-0.2, -0.15) is 0 Å². The molecule has 0 fully saturated rings. The molecule has 0 aliphatic heterocycles. The Kier molecular flexibility index (Phi) is 3.84. The van der Waals surface area contributed by atoms with Crippen molar-refractivity contribution >= 4 is 50.5 Å². The quantitative estimate of drug-likeness (QED) is 0.443. The molecule has 0 unspecified atom stereocenters. The Labute approximate surface area is 165 Å². The Hall–Kier alpha value is -4.06. The molecule has 6 heteroatoms. The zero-order valence-electron chi connectivity index (χ0n) is 15.6. The lowest BCUT2D eigenvalue weighted by Gasteiger charge is -2.07. The maximum absolute atomic E-state index is 12.7. The van der Waals surface area contributed by atoms with E-state index >= 15 is 0 Å². The van der Waals surface area contributed by atoms with Crippen molar-refractivity contribution in [1.82, 2.24) is 15.0 Å². The zero-order valence-corrected chi connectivity index (χ0v) is 15.6. The molecule has 0 radical (unpaired) electrons. The summed E-state index contributed by atoms with van der Waals surface area (Å²) in [5.74, 6) is -0.261. The van der Waals surface area contributed by atoms with Gasteiger partial charge in [0.25, 0.3) is 5.91 Å². The highest BCUT2D eigenvalue weighted by Gasteiger charge is 2.12. The van der Waals surface area contributed by atoms with Crippen LogP contribution < -0.4 is 5.32 Å². The number of para-hydroxylation sites is 1. The Morgan fingerprint density at radius 1 is 0.862 bits per heavy atom. The van der Waals surface area contributed by atoms with E-state index in [1.807, 2.05) is 24.3 Å². The van der Waals surface area contributed by atoms with Crippen LogP contribution in [-0.4, -0.2) is 26.6 Å². The van der Waals surface area contributed by atoms with E-state index in [0.29, 0.717) is 27.8 Å². The number of carbonyl (C=O) groups excluding carboxylic acids is 2. The third kappa shape index (κ3) is 3.00. The minimum Gasteiger partial charge on any atom is -0.338 e. The van der Waals surface area contributed by atoms with Crippen LogP contribution in [0.1, 0.15) is 27.6 Å². The summed E-state index contributed by atoms with van der Waals surface area (Å²) in [4.78, 5) is 36.7. The molecule has 29 heavy (non-hydrogen) atoms. The fourth-order valence-corrected chi connectivity index (χ4v) is 3.39. The normalized spacial score (nSPS) is 11.2. The summed E-state index contributed by atoms with van der Waals surface area (Å²) in [6, 6.07) is 20.0. The summed E-state index contributed by atoms with van der Waals surface area (Å²) >= 11 is 0. The highest BCUT2D eigenvalue weighted by molar-refractivity contribution is 6.08. The van der Waals surface area contributed by atoms with Gasteiger partial charge in [0.2, 0.25) is 0 Å². The molecule has 0 aliphatic rings. The number of rotatable bonds is 3. The van der Waals surface area contributed by atoms with Crippen LogP contribution in [0.4, 0.5) is 5.69 Å². The predicted molar refractivity (Wildman–Crippen MR) is 113 cm³/mol. The summed E-state index contributed by atoms with van der Waals surface area (Å²) in [5.41, 5.74) is 5.57. The van der Waals surface area contributed by atoms with Gasteiger partial charge in [-0.3, -0.25) is 9.59 Å². The summed E-state index contributed by atoms with van der Waals surface area (Å²) < 4.78 is 0. The number of amides is 1. The number of hydrogen-bond donors (Lipinski definition) is 2. The highest BCUT2D eigenvalue weighted by atomic mass is 16.1. The molecule has 2 N–H and O–H groups in total. The molecule has 2 aromatic heterocycles. The average molecular weight is 380 g/mol. The molecular formula is C23H16N4O2. The first-order chi connectivity index (χ1) is 14.1. The van der Waals surface area contributed by atoms with Gasteiger partial charge in [0.05, 0.1) is 11.0 Å². The van der Waals surface area contributed by atoms with Gasteiger partial charge in [0.15, 0.2) is 11.4 Å². The Morgan fingerprint density at radius 2 is 1.62 bits per heavy atom.